The third kappa shape index (κ3) is 1.94. The second-order valence-electron chi connectivity index (χ2n) is 3.57. The van der Waals surface area contributed by atoms with Gasteiger partial charge in [0.2, 0.25) is 0 Å². The van der Waals surface area contributed by atoms with Gasteiger partial charge in [0.1, 0.15) is 0 Å². The summed E-state index contributed by atoms with van der Waals surface area (Å²) in [6.45, 7) is 6.26. The molecule has 0 spiro atoms. The predicted octanol–water partition coefficient (Wildman–Crippen LogP) is 1.57. The molecule has 66 valence electrons. The van der Waals surface area contributed by atoms with Crippen molar-refractivity contribution in [2.45, 2.75) is 51.9 Å². The molecule has 1 heterocycles. The molecule has 11 heavy (non-hydrogen) atoms. The average Bonchev–Trinajstić information content (AvgIpc) is 1.97. The highest BCUT2D eigenvalue weighted by Crippen LogP contribution is 2.26. The van der Waals surface area contributed by atoms with E-state index in [1.165, 1.54) is 0 Å². The molecule has 1 aliphatic heterocycles. The number of hydrogen-bond donors (Lipinski definition) is 1. The zero-order chi connectivity index (χ0) is 8.43. The van der Waals surface area contributed by atoms with Gasteiger partial charge in [0.15, 0.2) is 0 Å². The maximum atomic E-state index is 9.53. The first-order valence-corrected chi connectivity index (χ1v) is 4.48. The smallest absolute Gasteiger partial charge is 0.0835 e. The van der Waals surface area contributed by atoms with Crippen molar-refractivity contribution in [3.8, 4) is 0 Å². The zero-order valence-electron chi connectivity index (χ0n) is 7.58. The van der Waals surface area contributed by atoms with Crippen molar-refractivity contribution in [3.63, 3.8) is 0 Å². The Morgan fingerprint density at radius 2 is 2.09 bits per heavy atom. The molecule has 0 radical (unpaired) electrons. The van der Waals surface area contributed by atoms with Gasteiger partial charge in [0.05, 0.1) is 18.3 Å². The topological polar surface area (TPSA) is 29.5 Å². The van der Waals surface area contributed by atoms with Crippen LogP contribution in [0.25, 0.3) is 0 Å². The largest absolute Gasteiger partial charge is 0.390 e. The molecule has 4 atom stereocenters. The fraction of sp³-hybridized carbons (Fsp3) is 1.00. The van der Waals surface area contributed by atoms with Crippen molar-refractivity contribution in [2.24, 2.45) is 5.92 Å². The van der Waals surface area contributed by atoms with Crippen molar-refractivity contribution in [1.29, 1.82) is 0 Å². The Labute approximate surface area is 68.6 Å². The van der Waals surface area contributed by atoms with Crippen LogP contribution in [0.3, 0.4) is 0 Å². The first kappa shape index (κ1) is 9.01. The molecule has 0 aromatic heterocycles. The SMILES string of the molecule is CC[C@@H]1O[C@@H](C)[C@@H](C)CC1O. The summed E-state index contributed by atoms with van der Waals surface area (Å²) in [5, 5.41) is 9.53. The van der Waals surface area contributed by atoms with E-state index < -0.39 is 0 Å². The van der Waals surface area contributed by atoms with Gasteiger partial charge in [-0.3, -0.25) is 0 Å². The maximum absolute atomic E-state index is 9.53. The minimum Gasteiger partial charge on any atom is -0.390 e. The van der Waals surface area contributed by atoms with E-state index in [0.29, 0.717) is 12.0 Å². The van der Waals surface area contributed by atoms with Crippen molar-refractivity contribution < 1.29 is 9.84 Å². The lowest BCUT2D eigenvalue weighted by Gasteiger charge is -2.36. The minimum atomic E-state index is -0.244. The van der Waals surface area contributed by atoms with Gasteiger partial charge in [0.25, 0.3) is 0 Å². The molecular formula is C9H18O2. The second-order valence-corrected chi connectivity index (χ2v) is 3.57. The van der Waals surface area contributed by atoms with Crippen molar-refractivity contribution in [2.75, 3.05) is 0 Å². The summed E-state index contributed by atoms with van der Waals surface area (Å²) < 4.78 is 5.61. The maximum Gasteiger partial charge on any atom is 0.0835 e. The van der Waals surface area contributed by atoms with Gasteiger partial charge < -0.3 is 9.84 Å². The molecular weight excluding hydrogens is 140 g/mol. The van der Waals surface area contributed by atoms with Crippen LogP contribution in [0.4, 0.5) is 0 Å². The van der Waals surface area contributed by atoms with Gasteiger partial charge in [-0.2, -0.15) is 0 Å². The molecule has 1 saturated heterocycles. The van der Waals surface area contributed by atoms with Crippen LogP contribution in [-0.2, 0) is 4.74 Å². The summed E-state index contributed by atoms with van der Waals surface area (Å²) >= 11 is 0. The molecule has 0 aliphatic carbocycles. The normalized spacial score (nSPS) is 45.8. The molecule has 0 aromatic rings. The van der Waals surface area contributed by atoms with Crippen LogP contribution in [0.2, 0.25) is 0 Å². The lowest BCUT2D eigenvalue weighted by Crippen LogP contribution is -2.41. The predicted molar refractivity (Wildman–Crippen MR) is 44.4 cm³/mol. The van der Waals surface area contributed by atoms with Gasteiger partial charge in [-0.25, -0.2) is 0 Å². The van der Waals surface area contributed by atoms with Crippen LogP contribution in [0.1, 0.15) is 33.6 Å². The number of ether oxygens (including phenoxy) is 1. The summed E-state index contributed by atoms with van der Waals surface area (Å²) in [5.41, 5.74) is 0. The minimum absolute atomic E-state index is 0.0706. The Bertz CT molecular complexity index is 125. The fourth-order valence-electron chi connectivity index (χ4n) is 1.59. The number of hydrogen-bond acceptors (Lipinski definition) is 2. The summed E-state index contributed by atoms with van der Waals surface area (Å²) in [7, 11) is 0. The highest BCUT2D eigenvalue weighted by Gasteiger charge is 2.30. The van der Waals surface area contributed by atoms with E-state index in [9.17, 15) is 5.11 Å². The zero-order valence-corrected chi connectivity index (χ0v) is 7.58. The van der Waals surface area contributed by atoms with Crippen molar-refractivity contribution >= 4 is 0 Å². The van der Waals surface area contributed by atoms with Crippen LogP contribution in [0.15, 0.2) is 0 Å². The lowest BCUT2D eigenvalue weighted by molar-refractivity contribution is -0.135. The molecule has 1 aliphatic rings. The third-order valence-corrected chi connectivity index (χ3v) is 2.64. The molecule has 1 unspecified atom stereocenters. The van der Waals surface area contributed by atoms with Gasteiger partial charge in [-0.15, -0.1) is 0 Å². The molecule has 1 N–H and O–H groups in total. The molecule has 0 amide bonds. The van der Waals surface area contributed by atoms with Crippen molar-refractivity contribution in [3.05, 3.63) is 0 Å². The van der Waals surface area contributed by atoms with Gasteiger partial charge in [-0.05, 0) is 25.7 Å². The van der Waals surface area contributed by atoms with E-state index in [1.807, 2.05) is 0 Å². The highest BCUT2D eigenvalue weighted by atomic mass is 16.5. The summed E-state index contributed by atoms with van der Waals surface area (Å²) in [6, 6.07) is 0. The Hall–Kier alpha value is -0.0800. The van der Waals surface area contributed by atoms with Crippen LogP contribution in [0, 0.1) is 5.92 Å². The third-order valence-electron chi connectivity index (χ3n) is 2.64. The Morgan fingerprint density at radius 1 is 1.45 bits per heavy atom. The molecule has 1 rings (SSSR count). The summed E-state index contributed by atoms with van der Waals surface area (Å²) in [6.07, 6.45) is 1.94. The number of rotatable bonds is 1. The van der Waals surface area contributed by atoms with E-state index in [-0.39, 0.29) is 12.2 Å². The quantitative estimate of drug-likeness (QED) is 0.627. The molecule has 2 nitrogen and oxygen atoms in total. The molecule has 0 saturated carbocycles. The van der Waals surface area contributed by atoms with Gasteiger partial charge in [-0.1, -0.05) is 13.8 Å². The second kappa shape index (κ2) is 3.55. The van der Waals surface area contributed by atoms with E-state index in [4.69, 9.17) is 4.74 Å². The Balaban J connectivity index is 2.48. The lowest BCUT2D eigenvalue weighted by atomic mass is 9.91. The number of aliphatic hydroxyl groups excluding tert-OH is 1. The standard InChI is InChI=1S/C9H18O2/c1-4-9-8(10)5-6(2)7(3)11-9/h6-10H,4-5H2,1-3H3/t6-,7-,8?,9-/m0/s1. The molecule has 0 aromatic carbocycles. The number of aliphatic hydroxyl groups is 1. The first-order valence-electron chi connectivity index (χ1n) is 4.48. The summed E-state index contributed by atoms with van der Waals surface area (Å²) in [4.78, 5) is 0. The van der Waals surface area contributed by atoms with E-state index in [1.54, 1.807) is 0 Å². The van der Waals surface area contributed by atoms with Gasteiger partial charge >= 0.3 is 0 Å². The Kier molecular flexibility index (Phi) is 2.90. The van der Waals surface area contributed by atoms with E-state index >= 15 is 0 Å². The van der Waals surface area contributed by atoms with Crippen LogP contribution in [0.5, 0.6) is 0 Å². The Morgan fingerprint density at radius 3 is 2.64 bits per heavy atom. The molecule has 0 bridgehead atoms. The molecule has 1 fully saturated rings. The molecule has 2 heteroatoms. The van der Waals surface area contributed by atoms with E-state index in [2.05, 4.69) is 20.8 Å². The highest BCUT2D eigenvalue weighted by molar-refractivity contribution is 4.79. The monoisotopic (exact) mass is 158 g/mol. The average molecular weight is 158 g/mol. The van der Waals surface area contributed by atoms with Crippen LogP contribution in [-0.4, -0.2) is 23.4 Å². The fourth-order valence-corrected chi connectivity index (χ4v) is 1.59. The first-order chi connectivity index (χ1) is 5.15. The van der Waals surface area contributed by atoms with Crippen LogP contribution < -0.4 is 0 Å². The van der Waals surface area contributed by atoms with Crippen LogP contribution >= 0.6 is 0 Å². The summed E-state index contributed by atoms with van der Waals surface area (Å²) in [5.74, 6) is 0.493. The van der Waals surface area contributed by atoms with Gasteiger partial charge in [0, 0.05) is 0 Å². The van der Waals surface area contributed by atoms with E-state index in [0.717, 1.165) is 12.8 Å². The van der Waals surface area contributed by atoms with Crippen molar-refractivity contribution in [1.82, 2.24) is 0 Å².